The second-order valence-corrected chi connectivity index (χ2v) is 17.5. The predicted octanol–water partition coefficient (Wildman–Crippen LogP) is 8.66. The molecule has 0 spiro atoms. The number of piperidine rings is 1. The van der Waals surface area contributed by atoms with Gasteiger partial charge in [0.15, 0.2) is 5.82 Å². The maximum atomic E-state index is 17.3. The number of carbonyl (C=O) groups excluding carboxylic acids is 2. The zero-order valence-electron chi connectivity index (χ0n) is 30.4. The van der Waals surface area contributed by atoms with Crippen LogP contribution in [0.4, 0.5) is 9.18 Å². The minimum Gasteiger partial charge on any atom is -0.444 e. The maximum Gasteiger partial charge on any atom is 0.410 e. The number of nitrogens with one attached hydrogen (secondary N) is 1. The SMILES string of the molecule is Cc1nc2c(F)c(-c3cccc(Cl)c3Cl)c(CCC#N)cc2c2c1cc([C@H]1C[C@H]3C[C@H](CN3)N1C(=O)C1CC1)n2[C@H]1[C@@H]2C[C@H]1N(C(=O)OC(C)(C)C)C2. The van der Waals surface area contributed by atoms with Crippen molar-refractivity contribution in [3.8, 4) is 17.2 Å². The number of aromatic nitrogens is 2. The van der Waals surface area contributed by atoms with E-state index in [1.165, 1.54) is 0 Å². The van der Waals surface area contributed by atoms with Crippen molar-refractivity contribution in [1.82, 2.24) is 24.7 Å². The highest BCUT2D eigenvalue weighted by molar-refractivity contribution is 6.43. The Morgan fingerprint density at radius 2 is 1.92 bits per heavy atom. The van der Waals surface area contributed by atoms with Crippen LogP contribution >= 0.6 is 23.2 Å². The molecule has 4 saturated heterocycles. The van der Waals surface area contributed by atoms with Crippen molar-refractivity contribution in [2.24, 2.45) is 11.8 Å². The summed E-state index contributed by atoms with van der Waals surface area (Å²) in [6.45, 7) is 8.87. The zero-order valence-corrected chi connectivity index (χ0v) is 31.9. The van der Waals surface area contributed by atoms with Gasteiger partial charge in [0, 0.05) is 76.7 Å². The van der Waals surface area contributed by atoms with Crippen molar-refractivity contribution < 1.29 is 18.7 Å². The number of carbonyl (C=O) groups is 2. The van der Waals surface area contributed by atoms with Crippen LogP contribution in [0, 0.1) is 35.9 Å². The summed E-state index contributed by atoms with van der Waals surface area (Å²) in [4.78, 5) is 36.7. The molecule has 2 aromatic heterocycles. The number of benzene rings is 2. The third kappa shape index (κ3) is 5.60. The van der Waals surface area contributed by atoms with Crippen LogP contribution in [0.25, 0.3) is 32.9 Å². The van der Waals surface area contributed by atoms with Gasteiger partial charge >= 0.3 is 6.09 Å². The van der Waals surface area contributed by atoms with Gasteiger partial charge in [-0.2, -0.15) is 5.26 Å². The molecule has 2 amide bonds. The van der Waals surface area contributed by atoms with Gasteiger partial charge in [-0.15, -0.1) is 0 Å². The summed E-state index contributed by atoms with van der Waals surface area (Å²) < 4.78 is 25.6. The number of amides is 2. The number of halogens is 3. The van der Waals surface area contributed by atoms with Crippen molar-refractivity contribution in [2.75, 3.05) is 13.1 Å². The molecule has 6 fully saturated rings. The van der Waals surface area contributed by atoms with Crippen LogP contribution in [-0.2, 0) is 16.0 Å². The minimum absolute atomic E-state index is 0.0628. The second-order valence-electron chi connectivity index (χ2n) is 16.7. The molecule has 4 bridgehead atoms. The van der Waals surface area contributed by atoms with Crippen LogP contribution in [0.1, 0.15) is 88.3 Å². The molecule has 4 aromatic rings. The van der Waals surface area contributed by atoms with Crippen LogP contribution in [0.3, 0.4) is 0 Å². The number of aryl methyl sites for hydroxylation is 2. The first-order valence-corrected chi connectivity index (χ1v) is 19.6. The molecule has 12 heteroatoms. The Bertz CT molecular complexity index is 2260. The molecule has 276 valence electrons. The van der Waals surface area contributed by atoms with Crippen LogP contribution in [0.15, 0.2) is 30.3 Å². The summed E-state index contributed by atoms with van der Waals surface area (Å²) in [5, 5.41) is 15.4. The van der Waals surface area contributed by atoms with Crippen molar-refractivity contribution >= 4 is 57.0 Å². The summed E-state index contributed by atoms with van der Waals surface area (Å²) >= 11 is 13.1. The van der Waals surface area contributed by atoms with E-state index >= 15 is 4.39 Å². The zero-order chi connectivity index (χ0) is 37.1. The Morgan fingerprint density at radius 3 is 2.66 bits per heavy atom. The van der Waals surface area contributed by atoms with E-state index in [-0.39, 0.29) is 71.0 Å². The van der Waals surface area contributed by atoms with E-state index in [0.717, 1.165) is 55.2 Å². The molecule has 10 rings (SSSR count). The lowest BCUT2D eigenvalue weighted by molar-refractivity contribution is -0.139. The molecule has 1 N–H and O–H groups in total. The molecule has 2 aliphatic carbocycles. The average molecular weight is 758 g/mol. The molecular weight excluding hydrogens is 714 g/mol. The van der Waals surface area contributed by atoms with E-state index in [9.17, 15) is 14.9 Å². The highest BCUT2D eigenvalue weighted by Crippen LogP contribution is 2.55. The predicted molar refractivity (Wildman–Crippen MR) is 202 cm³/mol. The number of ether oxygens (including phenoxy) is 1. The molecular formula is C41H43Cl2FN6O3. The van der Waals surface area contributed by atoms with Gasteiger partial charge < -0.3 is 24.4 Å². The van der Waals surface area contributed by atoms with Gasteiger partial charge in [0.25, 0.3) is 0 Å². The lowest BCUT2D eigenvalue weighted by atomic mass is 9.79. The molecule has 6 aliphatic rings. The summed E-state index contributed by atoms with van der Waals surface area (Å²) in [6.07, 6.45) is 4.53. The first-order chi connectivity index (χ1) is 25.3. The van der Waals surface area contributed by atoms with Crippen LogP contribution in [0.5, 0.6) is 0 Å². The third-order valence-electron chi connectivity index (χ3n) is 12.2. The lowest BCUT2D eigenvalue weighted by Crippen LogP contribution is -2.49. The molecule has 2 saturated carbocycles. The topological polar surface area (TPSA) is 103 Å². The Hall–Kier alpha value is -3.91. The molecule has 0 radical (unpaired) electrons. The summed E-state index contributed by atoms with van der Waals surface area (Å²) in [6, 6.07) is 11.5. The van der Waals surface area contributed by atoms with E-state index < -0.39 is 11.4 Å². The number of fused-ring (bicyclic) bond motifs is 6. The molecule has 4 aliphatic heterocycles. The first-order valence-electron chi connectivity index (χ1n) is 18.9. The lowest BCUT2D eigenvalue weighted by Gasteiger charge is -2.44. The maximum absolute atomic E-state index is 17.3. The first kappa shape index (κ1) is 34.8. The van der Waals surface area contributed by atoms with E-state index in [1.807, 2.05) is 38.7 Å². The Morgan fingerprint density at radius 1 is 1.13 bits per heavy atom. The molecule has 6 atom stereocenters. The number of hydrogen-bond acceptors (Lipinski definition) is 6. The largest absolute Gasteiger partial charge is 0.444 e. The summed E-state index contributed by atoms with van der Waals surface area (Å²) in [5.74, 6) is -0.0774. The quantitative estimate of drug-likeness (QED) is 0.211. The number of hydrogen-bond donors (Lipinski definition) is 1. The van der Waals surface area contributed by atoms with Crippen molar-refractivity contribution in [3.05, 3.63) is 63.1 Å². The van der Waals surface area contributed by atoms with Gasteiger partial charge in [0.1, 0.15) is 11.1 Å². The van der Waals surface area contributed by atoms with E-state index in [1.54, 1.807) is 18.2 Å². The average Bonchev–Trinajstić information content (AvgIpc) is 3.39. The van der Waals surface area contributed by atoms with Crippen LogP contribution < -0.4 is 5.32 Å². The van der Waals surface area contributed by atoms with Crippen molar-refractivity contribution in [1.29, 1.82) is 5.26 Å². The number of nitrogens with zero attached hydrogens (tertiary/aromatic N) is 5. The van der Waals surface area contributed by atoms with Gasteiger partial charge in [0.2, 0.25) is 5.91 Å². The second kappa shape index (κ2) is 12.6. The van der Waals surface area contributed by atoms with Crippen LogP contribution in [0.2, 0.25) is 10.0 Å². The Labute approximate surface area is 318 Å². The standard InChI is InChI=1S/C41H43Cl2FN6O3/c1-20-27-17-31(30-16-24-15-25(18-46-24)49(30)39(51)21-10-11-21)50(37-23-14-32(37)48(19-23)40(52)53-41(2,3)4)38(27)28-13-22(7-6-12-45)33(35(44)36(28)47-20)26-8-5-9-29(42)34(26)43/h5,8-9,13,17,21,23-25,30,32,37,46H,6-7,10-11,14-16,18-19H2,1-4H3/t23-,24-,25-,30-,32-,37+/m1/s1. The monoisotopic (exact) mass is 756 g/mol. The van der Waals surface area contributed by atoms with E-state index in [2.05, 4.69) is 26.9 Å². The van der Waals surface area contributed by atoms with Gasteiger partial charge in [-0.05, 0) is 90.0 Å². The molecule has 2 aromatic carbocycles. The molecule has 9 nitrogen and oxygen atoms in total. The number of nitriles is 1. The van der Waals surface area contributed by atoms with E-state index in [0.29, 0.717) is 45.8 Å². The van der Waals surface area contributed by atoms with Crippen LogP contribution in [-0.4, -0.2) is 68.2 Å². The number of likely N-dealkylation sites (tertiary alicyclic amines) is 1. The summed E-state index contributed by atoms with van der Waals surface area (Å²) in [5.41, 5.74) is 3.48. The van der Waals surface area contributed by atoms with Gasteiger partial charge in [0.05, 0.1) is 39.8 Å². The normalized spacial score (nSPS) is 26.3. The van der Waals surface area contributed by atoms with Gasteiger partial charge in [-0.3, -0.25) is 4.79 Å². The smallest absolute Gasteiger partial charge is 0.410 e. The third-order valence-corrected chi connectivity index (χ3v) is 13.0. The van der Waals surface area contributed by atoms with Crippen molar-refractivity contribution in [3.63, 3.8) is 0 Å². The van der Waals surface area contributed by atoms with E-state index in [4.69, 9.17) is 32.9 Å². The number of pyridine rings is 1. The van der Waals surface area contributed by atoms with Gasteiger partial charge in [-0.1, -0.05) is 35.3 Å². The highest BCUT2D eigenvalue weighted by Gasteiger charge is 2.57. The molecule has 0 unspecified atom stereocenters. The number of rotatable bonds is 6. The fourth-order valence-corrected chi connectivity index (χ4v) is 10.1. The molecule has 53 heavy (non-hydrogen) atoms. The fraction of sp³-hybridized carbons (Fsp3) is 0.512. The Kier molecular flexibility index (Phi) is 8.26. The fourth-order valence-electron chi connectivity index (χ4n) is 9.73. The molecule has 6 heterocycles. The Balaban J connectivity index is 1.30. The van der Waals surface area contributed by atoms with Gasteiger partial charge in [-0.25, -0.2) is 14.2 Å². The highest BCUT2D eigenvalue weighted by atomic mass is 35.5. The minimum atomic E-state index is -0.636. The van der Waals surface area contributed by atoms with Crippen molar-refractivity contribution in [2.45, 2.75) is 108 Å². The summed E-state index contributed by atoms with van der Waals surface area (Å²) in [7, 11) is 0.